The van der Waals surface area contributed by atoms with Crippen molar-refractivity contribution in [2.75, 3.05) is 6.26 Å². The number of allylic oxidation sites excluding steroid dienone is 1. The van der Waals surface area contributed by atoms with Crippen LogP contribution in [-0.2, 0) is 0 Å². The van der Waals surface area contributed by atoms with E-state index in [9.17, 15) is 14.4 Å². The van der Waals surface area contributed by atoms with Crippen LogP contribution >= 0.6 is 11.8 Å². The van der Waals surface area contributed by atoms with Crippen molar-refractivity contribution in [1.82, 2.24) is 0 Å². The van der Waals surface area contributed by atoms with E-state index >= 15 is 0 Å². The number of esters is 1. The van der Waals surface area contributed by atoms with Crippen LogP contribution in [0.25, 0.3) is 11.0 Å². The summed E-state index contributed by atoms with van der Waals surface area (Å²) in [7, 11) is 0. The molecule has 0 saturated carbocycles. The molecule has 0 saturated heterocycles. The Morgan fingerprint density at radius 2 is 1.91 bits per heavy atom. The molecule has 1 unspecified atom stereocenters. The Balaban J connectivity index is 1.48. The largest absolute Gasteiger partial charge is 0.449 e. The van der Waals surface area contributed by atoms with Crippen molar-refractivity contribution in [1.29, 1.82) is 5.26 Å². The van der Waals surface area contributed by atoms with Crippen molar-refractivity contribution in [3.8, 4) is 17.6 Å². The third-order valence-corrected chi connectivity index (χ3v) is 6.68. The van der Waals surface area contributed by atoms with Crippen LogP contribution in [0.3, 0.4) is 0 Å². The molecule has 0 aliphatic carbocycles. The van der Waals surface area contributed by atoms with Gasteiger partial charge in [0, 0.05) is 27.5 Å². The van der Waals surface area contributed by atoms with Crippen molar-refractivity contribution < 1.29 is 23.1 Å². The average Bonchev–Trinajstić information content (AvgIpc) is 3.19. The number of hydrogen-bond acceptors (Lipinski definition) is 7. The van der Waals surface area contributed by atoms with E-state index in [4.69, 9.17) is 19.6 Å². The van der Waals surface area contributed by atoms with Gasteiger partial charge in [-0.1, -0.05) is 18.2 Å². The molecule has 1 aromatic heterocycles. The van der Waals surface area contributed by atoms with Crippen LogP contribution in [0.5, 0.6) is 11.5 Å². The summed E-state index contributed by atoms with van der Waals surface area (Å²) in [6.07, 6.45) is 1.99. The second-order valence-electron chi connectivity index (χ2n) is 7.98. The third kappa shape index (κ3) is 4.00. The van der Waals surface area contributed by atoms with Gasteiger partial charge in [-0.3, -0.25) is 0 Å². The number of carbonyl (C=O) groups excluding carboxylic acids is 1. The van der Waals surface area contributed by atoms with E-state index in [1.165, 1.54) is 18.2 Å². The van der Waals surface area contributed by atoms with Gasteiger partial charge in [0.2, 0.25) is 11.6 Å². The van der Waals surface area contributed by atoms with E-state index < -0.39 is 17.7 Å². The number of furan rings is 1. The first kappa shape index (κ1) is 22.6. The predicted octanol–water partition coefficient (Wildman–Crippen LogP) is 6.04. The van der Waals surface area contributed by atoms with Crippen LogP contribution in [0.2, 0.25) is 0 Å². The lowest BCUT2D eigenvalue weighted by Gasteiger charge is -2.26. The van der Waals surface area contributed by atoms with Gasteiger partial charge in [0.1, 0.15) is 34.5 Å². The Morgan fingerprint density at radius 3 is 2.63 bits per heavy atom. The zero-order valence-electron chi connectivity index (χ0n) is 18.8. The van der Waals surface area contributed by atoms with Gasteiger partial charge >= 0.3 is 5.97 Å². The Morgan fingerprint density at radius 1 is 1.14 bits per heavy atom. The highest BCUT2D eigenvalue weighted by atomic mass is 32.2. The van der Waals surface area contributed by atoms with Gasteiger partial charge in [0.05, 0.1) is 5.92 Å². The Hall–Kier alpha value is -4.22. The minimum atomic E-state index is -0.722. The Kier molecular flexibility index (Phi) is 5.71. The second-order valence-corrected chi connectivity index (χ2v) is 8.86. The Bertz CT molecular complexity index is 1550. The smallest absolute Gasteiger partial charge is 0.379 e. The standard InChI is InChI=1S/C27H19FN2O4S/c1-14-20-11-16(28)5-10-22(20)33-25(14)27(31)32-17-6-9-19-23(12-17)34-26(30)21(13-29)24(19)15-3-7-18(35-2)8-4-15/h3-12,24H,30H2,1-2H3. The fourth-order valence-electron chi connectivity index (χ4n) is 4.18. The van der Waals surface area contributed by atoms with E-state index in [0.717, 1.165) is 16.0 Å². The van der Waals surface area contributed by atoms with Gasteiger partial charge in [0.25, 0.3) is 0 Å². The quantitative estimate of drug-likeness (QED) is 0.213. The Labute approximate surface area is 204 Å². The van der Waals surface area contributed by atoms with Gasteiger partial charge in [-0.2, -0.15) is 5.26 Å². The fourth-order valence-corrected chi connectivity index (χ4v) is 4.59. The minimum absolute atomic E-state index is 0.00225. The van der Waals surface area contributed by atoms with Crippen LogP contribution in [0.1, 0.15) is 33.2 Å². The molecule has 2 heterocycles. The van der Waals surface area contributed by atoms with Crippen LogP contribution in [0, 0.1) is 24.1 Å². The van der Waals surface area contributed by atoms with Gasteiger partial charge < -0.3 is 19.6 Å². The molecule has 1 atom stereocenters. The molecule has 35 heavy (non-hydrogen) atoms. The molecule has 3 aromatic carbocycles. The number of nitrogens with zero attached hydrogens (tertiary/aromatic N) is 1. The lowest BCUT2D eigenvalue weighted by molar-refractivity contribution is 0.0702. The summed E-state index contributed by atoms with van der Waals surface area (Å²) in [5, 5.41) is 10.2. The van der Waals surface area contributed by atoms with Crippen molar-refractivity contribution in [3.63, 3.8) is 0 Å². The number of halogens is 1. The van der Waals surface area contributed by atoms with Crippen LogP contribution in [-0.4, -0.2) is 12.2 Å². The average molecular weight is 487 g/mol. The van der Waals surface area contributed by atoms with E-state index in [2.05, 4.69) is 6.07 Å². The summed E-state index contributed by atoms with van der Waals surface area (Å²) >= 11 is 1.62. The van der Waals surface area contributed by atoms with Gasteiger partial charge in [-0.05, 0) is 55.1 Å². The van der Waals surface area contributed by atoms with E-state index in [1.807, 2.05) is 30.5 Å². The summed E-state index contributed by atoms with van der Waals surface area (Å²) in [6.45, 7) is 1.67. The molecule has 0 radical (unpaired) electrons. The minimum Gasteiger partial charge on any atom is -0.449 e. The van der Waals surface area contributed by atoms with Crippen molar-refractivity contribution in [3.05, 3.63) is 100 Å². The number of nitriles is 1. The van der Waals surface area contributed by atoms with Gasteiger partial charge in [-0.25, -0.2) is 9.18 Å². The number of rotatable bonds is 4. The maximum absolute atomic E-state index is 13.6. The zero-order valence-corrected chi connectivity index (χ0v) is 19.6. The number of thioether (sulfide) groups is 1. The first-order chi connectivity index (χ1) is 16.9. The van der Waals surface area contributed by atoms with Crippen molar-refractivity contribution in [2.24, 2.45) is 5.73 Å². The normalized spacial score (nSPS) is 14.9. The molecule has 5 rings (SSSR count). The molecule has 0 spiro atoms. The molecule has 1 aliphatic rings. The maximum Gasteiger partial charge on any atom is 0.379 e. The highest BCUT2D eigenvalue weighted by Crippen LogP contribution is 2.43. The summed E-state index contributed by atoms with van der Waals surface area (Å²) in [5.41, 5.74) is 8.88. The number of carbonyl (C=O) groups is 1. The highest BCUT2D eigenvalue weighted by molar-refractivity contribution is 7.98. The molecule has 8 heteroatoms. The zero-order chi connectivity index (χ0) is 24.7. The maximum atomic E-state index is 13.6. The predicted molar refractivity (Wildman–Crippen MR) is 130 cm³/mol. The molecule has 1 aliphatic heterocycles. The SMILES string of the molecule is CSc1ccc(C2C(C#N)=C(N)Oc3cc(OC(=O)c4oc5ccc(F)cc5c4C)ccc32)cc1. The van der Waals surface area contributed by atoms with Crippen molar-refractivity contribution in [2.45, 2.75) is 17.7 Å². The highest BCUT2D eigenvalue weighted by Gasteiger charge is 2.31. The molecule has 174 valence electrons. The van der Waals surface area contributed by atoms with E-state index in [0.29, 0.717) is 27.9 Å². The number of aryl methyl sites for hydroxylation is 1. The summed E-state index contributed by atoms with van der Waals surface area (Å²) in [4.78, 5) is 13.9. The lowest BCUT2D eigenvalue weighted by Crippen LogP contribution is -2.21. The van der Waals surface area contributed by atoms with Gasteiger partial charge in [0.15, 0.2) is 0 Å². The molecule has 0 bridgehead atoms. The van der Waals surface area contributed by atoms with E-state index in [1.54, 1.807) is 36.9 Å². The van der Waals surface area contributed by atoms with Crippen LogP contribution < -0.4 is 15.2 Å². The molecular weight excluding hydrogens is 467 g/mol. The summed E-state index contributed by atoms with van der Waals surface area (Å²) in [5.74, 6) is -0.983. The van der Waals surface area contributed by atoms with Crippen LogP contribution in [0.15, 0.2) is 81.4 Å². The molecular formula is C27H19FN2O4S. The third-order valence-electron chi connectivity index (χ3n) is 5.93. The lowest BCUT2D eigenvalue weighted by atomic mass is 9.83. The monoisotopic (exact) mass is 486 g/mol. The summed E-state index contributed by atoms with van der Waals surface area (Å²) in [6, 6.07) is 19.0. The van der Waals surface area contributed by atoms with Crippen molar-refractivity contribution >= 4 is 28.7 Å². The number of ether oxygens (including phenoxy) is 2. The number of nitrogens with two attached hydrogens (primary N) is 1. The fraction of sp³-hybridized carbons (Fsp3) is 0.111. The first-order valence-corrected chi connectivity index (χ1v) is 11.9. The molecule has 0 fully saturated rings. The van der Waals surface area contributed by atoms with E-state index in [-0.39, 0.29) is 17.4 Å². The number of hydrogen-bond donors (Lipinski definition) is 1. The summed E-state index contributed by atoms with van der Waals surface area (Å²) < 4.78 is 30.5. The second kappa shape index (κ2) is 8.85. The molecule has 0 amide bonds. The number of fused-ring (bicyclic) bond motifs is 2. The molecule has 6 nitrogen and oxygen atoms in total. The van der Waals surface area contributed by atoms with Crippen LogP contribution in [0.4, 0.5) is 4.39 Å². The first-order valence-electron chi connectivity index (χ1n) is 10.7. The topological polar surface area (TPSA) is 98.5 Å². The van der Waals surface area contributed by atoms with Gasteiger partial charge in [-0.15, -0.1) is 11.8 Å². The number of benzene rings is 3. The molecule has 4 aromatic rings. The molecule has 2 N–H and O–H groups in total.